The Morgan fingerprint density at radius 2 is 2.16 bits per heavy atom. The summed E-state index contributed by atoms with van der Waals surface area (Å²) in [7, 11) is 0. The molecule has 3 N–H and O–H groups in total. The molecular formula is C14H16BrFN2S. The number of rotatable bonds is 5. The van der Waals surface area contributed by atoms with E-state index >= 15 is 0 Å². The van der Waals surface area contributed by atoms with Gasteiger partial charge in [0.25, 0.3) is 0 Å². The Kier molecular flexibility index (Phi) is 5.10. The van der Waals surface area contributed by atoms with Crippen LogP contribution in [0.15, 0.2) is 34.1 Å². The van der Waals surface area contributed by atoms with Crippen molar-refractivity contribution in [3.63, 3.8) is 0 Å². The lowest BCUT2D eigenvalue weighted by atomic mass is 10.0. The molecule has 1 unspecified atom stereocenters. The second-order valence-corrected chi connectivity index (χ2v) is 6.12. The summed E-state index contributed by atoms with van der Waals surface area (Å²) in [5.74, 6) is 5.45. The molecule has 0 aliphatic rings. The van der Waals surface area contributed by atoms with Gasteiger partial charge in [-0.25, -0.2) is 4.39 Å². The molecule has 2 nitrogen and oxygen atoms in total. The smallest absolute Gasteiger partial charge is 0.123 e. The fourth-order valence-electron chi connectivity index (χ4n) is 2.09. The molecule has 19 heavy (non-hydrogen) atoms. The predicted octanol–water partition coefficient (Wildman–Crippen LogP) is 3.96. The Labute approximate surface area is 124 Å². The molecule has 0 spiro atoms. The molecule has 2 rings (SSSR count). The summed E-state index contributed by atoms with van der Waals surface area (Å²) in [5, 5.41) is 2.07. The molecule has 1 aromatic heterocycles. The van der Waals surface area contributed by atoms with Crippen LogP contribution in [-0.2, 0) is 12.8 Å². The fraction of sp³-hybridized carbons (Fsp3) is 0.286. The fourth-order valence-corrected chi connectivity index (χ4v) is 3.56. The lowest BCUT2D eigenvalue weighted by molar-refractivity contribution is 0.552. The average Bonchev–Trinajstić information content (AvgIpc) is 2.88. The van der Waals surface area contributed by atoms with Crippen LogP contribution in [0.5, 0.6) is 0 Å². The summed E-state index contributed by atoms with van der Waals surface area (Å²) in [6.07, 6.45) is 1.63. The van der Waals surface area contributed by atoms with E-state index in [4.69, 9.17) is 5.84 Å². The third-order valence-corrected chi connectivity index (χ3v) is 4.96. The summed E-state index contributed by atoms with van der Waals surface area (Å²) in [4.78, 5) is 1.22. The molecule has 1 heterocycles. The standard InChI is InChI=1S/C14H16BrFN2S/c1-2-9-5-6-19-14(9)13(18-17)8-10-7-11(16)3-4-12(10)15/h3-7,13,18H,2,8,17H2,1H3. The third-order valence-electron chi connectivity index (χ3n) is 3.11. The number of aryl methyl sites for hydroxylation is 1. The van der Waals surface area contributed by atoms with E-state index in [1.165, 1.54) is 16.5 Å². The van der Waals surface area contributed by atoms with Crippen LogP contribution in [0.3, 0.4) is 0 Å². The Bertz CT molecular complexity index is 556. The van der Waals surface area contributed by atoms with Gasteiger partial charge in [0.15, 0.2) is 0 Å². The first kappa shape index (κ1) is 14.7. The monoisotopic (exact) mass is 342 g/mol. The Morgan fingerprint density at radius 3 is 2.84 bits per heavy atom. The van der Waals surface area contributed by atoms with Crippen LogP contribution in [0.2, 0.25) is 0 Å². The molecule has 0 saturated heterocycles. The number of nitrogens with two attached hydrogens (primary N) is 1. The molecule has 0 bridgehead atoms. The van der Waals surface area contributed by atoms with E-state index in [0.717, 1.165) is 16.5 Å². The van der Waals surface area contributed by atoms with Crippen LogP contribution in [-0.4, -0.2) is 0 Å². The zero-order valence-corrected chi connectivity index (χ0v) is 13.0. The van der Waals surface area contributed by atoms with Gasteiger partial charge in [-0.1, -0.05) is 22.9 Å². The molecule has 0 saturated carbocycles. The molecule has 5 heteroatoms. The minimum atomic E-state index is -0.226. The third kappa shape index (κ3) is 3.42. The van der Waals surface area contributed by atoms with E-state index in [1.807, 2.05) is 0 Å². The van der Waals surface area contributed by atoms with Gasteiger partial charge in [-0.3, -0.25) is 11.3 Å². The van der Waals surface area contributed by atoms with Gasteiger partial charge < -0.3 is 0 Å². The van der Waals surface area contributed by atoms with Crippen molar-refractivity contribution in [2.75, 3.05) is 0 Å². The summed E-state index contributed by atoms with van der Waals surface area (Å²) in [6, 6.07) is 6.85. The highest BCUT2D eigenvalue weighted by atomic mass is 79.9. The molecular weight excluding hydrogens is 327 g/mol. The van der Waals surface area contributed by atoms with E-state index in [-0.39, 0.29) is 11.9 Å². The first-order valence-corrected chi connectivity index (χ1v) is 7.79. The Hall–Kier alpha value is -0.750. The Balaban J connectivity index is 2.26. The number of hydrazine groups is 1. The normalized spacial score (nSPS) is 12.6. The van der Waals surface area contributed by atoms with Crippen LogP contribution in [0, 0.1) is 5.82 Å². The minimum Gasteiger partial charge on any atom is -0.271 e. The number of thiophene rings is 1. The second kappa shape index (κ2) is 6.61. The number of hydrogen-bond donors (Lipinski definition) is 2. The van der Waals surface area contributed by atoms with E-state index in [1.54, 1.807) is 23.5 Å². The first-order chi connectivity index (χ1) is 9.15. The number of halogens is 2. The van der Waals surface area contributed by atoms with Crippen molar-refractivity contribution in [1.82, 2.24) is 5.43 Å². The Morgan fingerprint density at radius 1 is 1.37 bits per heavy atom. The van der Waals surface area contributed by atoms with E-state index in [0.29, 0.717) is 6.42 Å². The van der Waals surface area contributed by atoms with Crippen molar-refractivity contribution in [2.24, 2.45) is 5.84 Å². The summed E-state index contributed by atoms with van der Waals surface area (Å²) < 4.78 is 14.2. The van der Waals surface area contributed by atoms with Gasteiger partial charge in [-0.05, 0) is 53.6 Å². The molecule has 0 radical (unpaired) electrons. The lowest BCUT2D eigenvalue weighted by Crippen LogP contribution is -2.29. The van der Waals surface area contributed by atoms with E-state index in [2.05, 4.69) is 39.7 Å². The highest BCUT2D eigenvalue weighted by molar-refractivity contribution is 9.10. The van der Waals surface area contributed by atoms with Crippen molar-refractivity contribution >= 4 is 27.3 Å². The van der Waals surface area contributed by atoms with Gasteiger partial charge >= 0.3 is 0 Å². The van der Waals surface area contributed by atoms with Gasteiger partial charge in [0.2, 0.25) is 0 Å². The zero-order chi connectivity index (χ0) is 13.8. The van der Waals surface area contributed by atoms with Crippen molar-refractivity contribution < 1.29 is 4.39 Å². The minimum absolute atomic E-state index is 0.00745. The SMILES string of the molecule is CCc1ccsc1C(Cc1cc(F)ccc1Br)NN. The molecule has 0 amide bonds. The topological polar surface area (TPSA) is 38.0 Å². The molecule has 0 aliphatic heterocycles. The molecule has 1 atom stereocenters. The van der Waals surface area contributed by atoms with Crippen molar-refractivity contribution in [1.29, 1.82) is 0 Å². The number of hydrogen-bond acceptors (Lipinski definition) is 3. The molecule has 0 fully saturated rings. The van der Waals surface area contributed by atoms with Crippen molar-refractivity contribution in [3.05, 3.63) is 55.9 Å². The highest BCUT2D eigenvalue weighted by Gasteiger charge is 2.17. The van der Waals surface area contributed by atoms with Crippen LogP contribution < -0.4 is 11.3 Å². The maximum Gasteiger partial charge on any atom is 0.123 e. The maximum absolute atomic E-state index is 13.3. The van der Waals surface area contributed by atoms with E-state index < -0.39 is 0 Å². The highest BCUT2D eigenvalue weighted by Crippen LogP contribution is 2.29. The van der Waals surface area contributed by atoms with Crippen molar-refractivity contribution in [3.8, 4) is 0 Å². The molecule has 1 aromatic carbocycles. The predicted molar refractivity (Wildman–Crippen MR) is 81.6 cm³/mol. The van der Waals surface area contributed by atoms with Crippen LogP contribution in [0.4, 0.5) is 4.39 Å². The summed E-state index contributed by atoms with van der Waals surface area (Å²) in [6.45, 7) is 2.12. The van der Waals surface area contributed by atoms with E-state index in [9.17, 15) is 4.39 Å². The van der Waals surface area contributed by atoms with Crippen LogP contribution in [0.25, 0.3) is 0 Å². The zero-order valence-electron chi connectivity index (χ0n) is 10.6. The summed E-state index contributed by atoms with van der Waals surface area (Å²) >= 11 is 5.14. The van der Waals surface area contributed by atoms with Crippen molar-refractivity contribution in [2.45, 2.75) is 25.8 Å². The average molecular weight is 343 g/mol. The maximum atomic E-state index is 13.3. The first-order valence-electron chi connectivity index (χ1n) is 6.12. The molecule has 0 aliphatic carbocycles. The molecule has 2 aromatic rings. The molecule has 102 valence electrons. The number of nitrogens with one attached hydrogen (secondary N) is 1. The second-order valence-electron chi connectivity index (χ2n) is 4.32. The largest absolute Gasteiger partial charge is 0.271 e. The van der Waals surface area contributed by atoms with Gasteiger partial charge in [-0.2, -0.15) is 0 Å². The van der Waals surface area contributed by atoms with Crippen LogP contribution in [0.1, 0.15) is 29.0 Å². The van der Waals surface area contributed by atoms with Crippen LogP contribution >= 0.6 is 27.3 Å². The lowest BCUT2D eigenvalue weighted by Gasteiger charge is -2.17. The van der Waals surface area contributed by atoms with Gasteiger partial charge in [0.1, 0.15) is 5.82 Å². The summed E-state index contributed by atoms with van der Waals surface area (Å²) in [5.41, 5.74) is 5.05. The van der Waals surface area contributed by atoms with Gasteiger partial charge in [0, 0.05) is 9.35 Å². The van der Waals surface area contributed by atoms with Gasteiger partial charge in [-0.15, -0.1) is 11.3 Å². The quantitative estimate of drug-likeness (QED) is 0.637. The number of benzene rings is 1. The van der Waals surface area contributed by atoms with Gasteiger partial charge in [0.05, 0.1) is 6.04 Å².